The smallest absolute Gasteiger partial charge is 0.155 e. The van der Waals surface area contributed by atoms with Crippen molar-refractivity contribution in [1.82, 2.24) is 19.7 Å². The lowest BCUT2D eigenvalue weighted by Crippen LogP contribution is -2.39. The van der Waals surface area contributed by atoms with Crippen LogP contribution < -0.4 is 20.1 Å². The van der Waals surface area contributed by atoms with E-state index in [9.17, 15) is 4.79 Å². The van der Waals surface area contributed by atoms with Gasteiger partial charge in [0.15, 0.2) is 5.78 Å². The number of carbonyl (C=O) groups excluding carboxylic acids is 1. The summed E-state index contributed by atoms with van der Waals surface area (Å²) < 4.78 is 23.7. The van der Waals surface area contributed by atoms with Crippen molar-refractivity contribution in [3.63, 3.8) is 0 Å². The van der Waals surface area contributed by atoms with E-state index in [0.717, 1.165) is 22.8 Å². The number of nitrogens with one attached hydrogen (secondary N) is 2. The lowest BCUT2D eigenvalue weighted by molar-refractivity contribution is -0.116. The first-order valence-electron chi connectivity index (χ1n) is 14.5. The Balaban J connectivity index is 1.54. The number of rotatable bonds is 14. The SMILES string of the molecule is C=CC(=O)C[C@H]1CCOC[C@H]1Nc1cc2c(NCc3cnn(CCOC)c3)nc(-c3c(Cl)c(OC)cc(OC)c3Cl)cc2cn1. The van der Waals surface area contributed by atoms with Crippen LogP contribution in [0.25, 0.3) is 22.0 Å². The molecule has 0 spiro atoms. The number of hydrogen-bond acceptors (Lipinski definition) is 10. The summed E-state index contributed by atoms with van der Waals surface area (Å²) in [6, 6.07) is 5.37. The fourth-order valence-electron chi connectivity index (χ4n) is 5.31. The molecule has 11 nitrogen and oxygen atoms in total. The van der Waals surface area contributed by atoms with Crippen LogP contribution in [0.1, 0.15) is 18.4 Å². The molecule has 1 aromatic carbocycles. The fraction of sp³-hybridized carbons (Fsp3) is 0.375. The number of methoxy groups -OCH3 is 3. The van der Waals surface area contributed by atoms with E-state index in [0.29, 0.717) is 83.8 Å². The third-order valence-electron chi connectivity index (χ3n) is 7.74. The van der Waals surface area contributed by atoms with Gasteiger partial charge in [-0.1, -0.05) is 29.8 Å². The monoisotopic (exact) mass is 654 g/mol. The summed E-state index contributed by atoms with van der Waals surface area (Å²) in [5, 5.41) is 13.6. The minimum absolute atomic E-state index is 0.0143. The number of ketones is 1. The number of allylic oxidation sites excluding steroid dienone is 1. The number of ether oxygens (including phenoxy) is 4. The molecular formula is C32H36Cl2N6O5. The molecule has 5 rings (SSSR count). The predicted molar refractivity (Wildman–Crippen MR) is 176 cm³/mol. The van der Waals surface area contributed by atoms with Crippen LogP contribution in [-0.2, 0) is 27.4 Å². The van der Waals surface area contributed by atoms with Crippen LogP contribution in [0.2, 0.25) is 10.0 Å². The second kappa shape index (κ2) is 14.9. The van der Waals surface area contributed by atoms with Gasteiger partial charge in [0.05, 0.1) is 62.0 Å². The normalized spacial score (nSPS) is 16.4. The summed E-state index contributed by atoms with van der Waals surface area (Å²) >= 11 is 13.6. The fourth-order valence-corrected chi connectivity index (χ4v) is 6.00. The van der Waals surface area contributed by atoms with Crippen molar-refractivity contribution in [1.29, 1.82) is 0 Å². The van der Waals surface area contributed by atoms with Crippen molar-refractivity contribution in [3.05, 3.63) is 65.1 Å². The van der Waals surface area contributed by atoms with E-state index < -0.39 is 0 Å². The van der Waals surface area contributed by atoms with Crippen LogP contribution in [0.3, 0.4) is 0 Å². The molecule has 0 unspecified atom stereocenters. The summed E-state index contributed by atoms with van der Waals surface area (Å²) in [6.07, 6.45) is 8.08. The van der Waals surface area contributed by atoms with Crippen LogP contribution in [-0.4, -0.2) is 72.7 Å². The zero-order valence-electron chi connectivity index (χ0n) is 25.4. The first kappa shape index (κ1) is 32.5. The third-order valence-corrected chi connectivity index (χ3v) is 8.49. The topological polar surface area (TPSA) is 122 Å². The second-order valence-electron chi connectivity index (χ2n) is 10.6. The van der Waals surface area contributed by atoms with Gasteiger partial charge in [-0.15, -0.1) is 0 Å². The number of hydrogen-bond donors (Lipinski definition) is 2. The molecule has 2 atom stereocenters. The summed E-state index contributed by atoms with van der Waals surface area (Å²) in [4.78, 5) is 21.9. The molecule has 1 aliphatic heterocycles. The van der Waals surface area contributed by atoms with E-state index in [-0.39, 0.29) is 17.7 Å². The number of anilines is 2. The number of pyridine rings is 2. The van der Waals surface area contributed by atoms with Crippen molar-refractivity contribution >= 4 is 51.4 Å². The van der Waals surface area contributed by atoms with Gasteiger partial charge in [0.25, 0.3) is 0 Å². The van der Waals surface area contributed by atoms with Crippen molar-refractivity contribution in [3.8, 4) is 22.8 Å². The lowest BCUT2D eigenvalue weighted by Gasteiger charge is -2.32. The number of aromatic nitrogens is 4. The Morgan fingerprint density at radius 2 is 1.93 bits per heavy atom. The maximum Gasteiger partial charge on any atom is 0.155 e. The summed E-state index contributed by atoms with van der Waals surface area (Å²) in [5.74, 6) is 2.15. The zero-order valence-corrected chi connectivity index (χ0v) is 27.0. The summed E-state index contributed by atoms with van der Waals surface area (Å²) in [6.45, 7) is 6.37. The predicted octanol–water partition coefficient (Wildman–Crippen LogP) is 6.04. The number of nitrogens with zero attached hydrogens (tertiary/aromatic N) is 4. The maximum atomic E-state index is 12.2. The Kier molecular flexibility index (Phi) is 10.8. The van der Waals surface area contributed by atoms with E-state index in [1.165, 1.54) is 20.3 Å². The molecule has 13 heteroatoms. The van der Waals surface area contributed by atoms with Crippen molar-refractivity contribution in [2.75, 3.05) is 51.8 Å². The number of halogens is 2. The molecule has 238 valence electrons. The lowest BCUT2D eigenvalue weighted by atomic mass is 9.89. The average molecular weight is 656 g/mol. The average Bonchev–Trinajstić information content (AvgIpc) is 3.51. The molecule has 4 aromatic rings. The molecule has 0 bridgehead atoms. The number of carbonyl (C=O) groups is 1. The molecule has 1 saturated heterocycles. The van der Waals surface area contributed by atoms with Gasteiger partial charge < -0.3 is 29.6 Å². The van der Waals surface area contributed by atoms with Gasteiger partial charge in [-0.2, -0.15) is 5.10 Å². The van der Waals surface area contributed by atoms with Crippen LogP contribution in [0.15, 0.2) is 49.4 Å². The van der Waals surface area contributed by atoms with Crippen molar-refractivity contribution in [2.24, 2.45) is 5.92 Å². The van der Waals surface area contributed by atoms with E-state index >= 15 is 0 Å². The van der Waals surface area contributed by atoms with Gasteiger partial charge in [-0.3, -0.25) is 9.48 Å². The Labute approximate surface area is 271 Å². The quantitative estimate of drug-likeness (QED) is 0.156. The van der Waals surface area contributed by atoms with Crippen LogP contribution in [0, 0.1) is 5.92 Å². The van der Waals surface area contributed by atoms with Crippen molar-refractivity contribution < 1.29 is 23.7 Å². The highest BCUT2D eigenvalue weighted by Gasteiger charge is 2.28. The Hall–Kier alpha value is -3.90. The minimum atomic E-state index is -0.0870. The molecule has 0 saturated carbocycles. The molecular weight excluding hydrogens is 619 g/mol. The highest BCUT2D eigenvalue weighted by atomic mass is 35.5. The molecule has 1 aliphatic rings. The summed E-state index contributed by atoms with van der Waals surface area (Å²) in [5.41, 5.74) is 1.95. The number of benzene rings is 1. The van der Waals surface area contributed by atoms with E-state index in [4.69, 9.17) is 52.1 Å². The van der Waals surface area contributed by atoms with Gasteiger partial charge in [0, 0.05) is 67.0 Å². The largest absolute Gasteiger partial charge is 0.495 e. The molecule has 3 aromatic heterocycles. The first-order valence-corrected chi connectivity index (χ1v) is 15.3. The third kappa shape index (κ3) is 7.50. The van der Waals surface area contributed by atoms with E-state index in [1.807, 2.05) is 23.0 Å². The van der Waals surface area contributed by atoms with Gasteiger partial charge >= 0.3 is 0 Å². The molecule has 0 aliphatic carbocycles. The van der Waals surface area contributed by atoms with Gasteiger partial charge in [0.2, 0.25) is 0 Å². The Morgan fingerprint density at radius 1 is 1.16 bits per heavy atom. The highest BCUT2D eigenvalue weighted by Crippen LogP contribution is 2.46. The van der Waals surface area contributed by atoms with Crippen molar-refractivity contribution in [2.45, 2.75) is 32.0 Å². The van der Waals surface area contributed by atoms with Gasteiger partial charge in [0.1, 0.15) is 23.1 Å². The van der Waals surface area contributed by atoms with E-state index in [1.54, 1.807) is 25.6 Å². The van der Waals surface area contributed by atoms with Crippen LogP contribution >= 0.6 is 23.2 Å². The van der Waals surface area contributed by atoms with E-state index in [2.05, 4.69) is 22.3 Å². The molecule has 45 heavy (non-hydrogen) atoms. The highest BCUT2D eigenvalue weighted by molar-refractivity contribution is 6.41. The molecule has 2 N–H and O–H groups in total. The standard InChI is InChI=1S/C32H36Cl2N6O5/c1-5-22(41)10-20-6-8-45-18-25(20)38-28-12-23-21(16-35-28)11-24(29-30(33)26(43-3)13-27(44-4)31(29)34)39-32(23)36-14-19-15-37-40(17-19)7-9-42-2/h5,11-13,15-17,20,25H,1,6-10,14,18H2,2-4H3,(H,35,38)(H,36,39)/t20-,25-/m1/s1. The molecule has 4 heterocycles. The van der Waals surface area contributed by atoms with Crippen LogP contribution in [0.5, 0.6) is 11.5 Å². The Morgan fingerprint density at radius 3 is 2.64 bits per heavy atom. The molecule has 0 amide bonds. The van der Waals surface area contributed by atoms with Crippen LogP contribution in [0.4, 0.5) is 11.6 Å². The van der Waals surface area contributed by atoms with Gasteiger partial charge in [-0.25, -0.2) is 9.97 Å². The first-order chi connectivity index (χ1) is 21.8. The Bertz CT molecular complexity index is 1650. The van der Waals surface area contributed by atoms with Gasteiger partial charge in [-0.05, 0) is 30.5 Å². The maximum absolute atomic E-state index is 12.2. The minimum Gasteiger partial charge on any atom is -0.495 e. The molecule has 1 fully saturated rings. The summed E-state index contributed by atoms with van der Waals surface area (Å²) in [7, 11) is 4.71. The number of fused-ring (bicyclic) bond motifs is 1. The molecule has 0 radical (unpaired) electrons. The zero-order chi connectivity index (χ0) is 31.9. The second-order valence-corrected chi connectivity index (χ2v) is 11.4.